The molecule has 0 aliphatic heterocycles. The molecule has 8 nitrogen and oxygen atoms in total. The minimum absolute atomic E-state index is 0.0556. The van der Waals surface area contributed by atoms with Crippen LogP contribution in [-0.4, -0.2) is 32.8 Å². The smallest absolute Gasteiger partial charge is 0.342 e. The van der Waals surface area contributed by atoms with Gasteiger partial charge in [0.15, 0.2) is 0 Å². The van der Waals surface area contributed by atoms with Gasteiger partial charge in [-0.3, -0.25) is 14.6 Å². The zero-order chi connectivity index (χ0) is 13.5. The number of aromatic amines is 2. The summed E-state index contributed by atoms with van der Waals surface area (Å²) in [7, 11) is 0. The Bertz CT molecular complexity index is 507. The SMILES string of the molecule is CC(CCNc1n[nH]c(=O)[nH]c1=O)CCC(=O)O. The van der Waals surface area contributed by atoms with Crippen LogP contribution in [0.15, 0.2) is 9.59 Å². The lowest BCUT2D eigenvalue weighted by Gasteiger charge is -2.10. The zero-order valence-corrected chi connectivity index (χ0v) is 10.0. The molecule has 0 aliphatic carbocycles. The van der Waals surface area contributed by atoms with Crippen LogP contribution in [-0.2, 0) is 4.79 Å². The molecular weight excluding hydrogens is 240 g/mol. The molecule has 18 heavy (non-hydrogen) atoms. The fourth-order valence-corrected chi connectivity index (χ4v) is 1.42. The zero-order valence-electron chi connectivity index (χ0n) is 10.0. The van der Waals surface area contributed by atoms with E-state index in [1.807, 2.05) is 11.9 Å². The van der Waals surface area contributed by atoms with Crippen LogP contribution in [0.1, 0.15) is 26.2 Å². The second-order valence-corrected chi connectivity index (χ2v) is 4.11. The Morgan fingerprint density at radius 2 is 2.17 bits per heavy atom. The van der Waals surface area contributed by atoms with Gasteiger partial charge in [-0.15, -0.1) is 5.10 Å². The van der Waals surface area contributed by atoms with Gasteiger partial charge in [0.1, 0.15) is 0 Å². The summed E-state index contributed by atoms with van der Waals surface area (Å²) in [5.74, 6) is -0.524. The molecule has 0 fully saturated rings. The molecule has 0 spiro atoms. The summed E-state index contributed by atoms with van der Waals surface area (Å²) >= 11 is 0. The summed E-state index contributed by atoms with van der Waals surface area (Å²) < 4.78 is 0. The van der Waals surface area contributed by atoms with Crippen LogP contribution < -0.4 is 16.6 Å². The molecule has 0 saturated heterocycles. The molecule has 1 rings (SSSR count). The van der Waals surface area contributed by atoms with Crippen molar-refractivity contribution in [2.75, 3.05) is 11.9 Å². The van der Waals surface area contributed by atoms with Crippen molar-refractivity contribution in [2.24, 2.45) is 5.92 Å². The van der Waals surface area contributed by atoms with E-state index in [1.54, 1.807) is 0 Å². The van der Waals surface area contributed by atoms with E-state index < -0.39 is 17.2 Å². The van der Waals surface area contributed by atoms with E-state index in [-0.39, 0.29) is 18.2 Å². The summed E-state index contributed by atoms with van der Waals surface area (Å²) in [4.78, 5) is 34.4. The number of aromatic nitrogens is 3. The molecule has 0 radical (unpaired) electrons. The maximum absolute atomic E-state index is 11.3. The van der Waals surface area contributed by atoms with E-state index in [4.69, 9.17) is 5.11 Å². The number of H-pyrrole nitrogens is 2. The molecule has 1 aromatic heterocycles. The number of carboxylic acids is 1. The van der Waals surface area contributed by atoms with Crippen LogP contribution >= 0.6 is 0 Å². The van der Waals surface area contributed by atoms with Gasteiger partial charge in [0, 0.05) is 13.0 Å². The van der Waals surface area contributed by atoms with Crippen molar-refractivity contribution in [2.45, 2.75) is 26.2 Å². The predicted molar refractivity (Wildman–Crippen MR) is 64.6 cm³/mol. The monoisotopic (exact) mass is 256 g/mol. The lowest BCUT2D eigenvalue weighted by atomic mass is 10.0. The van der Waals surface area contributed by atoms with Crippen LogP contribution in [0.2, 0.25) is 0 Å². The lowest BCUT2D eigenvalue weighted by molar-refractivity contribution is -0.137. The van der Waals surface area contributed by atoms with Gasteiger partial charge in [-0.1, -0.05) is 6.92 Å². The molecule has 1 atom stereocenters. The molecular formula is C10H16N4O4. The van der Waals surface area contributed by atoms with Crippen molar-refractivity contribution in [3.8, 4) is 0 Å². The highest BCUT2D eigenvalue weighted by molar-refractivity contribution is 5.66. The number of nitrogens with one attached hydrogen (secondary N) is 3. The number of nitrogens with zero attached hydrogens (tertiary/aromatic N) is 1. The maximum atomic E-state index is 11.3. The van der Waals surface area contributed by atoms with Crippen LogP contribution in [0.5, 0.6) is 0 Å². The lowest BCUT2D eigenvalue weighted by Crippen LogP contribution is -2.27. The van der Waals surface area contributed by atoms with Gasteiger partial charge in [0.25, 0.3) is 5.56 Å². The number of hydrogen-bond acceptors (Lipinski definition) is 5. The normalized spacial score (nSPS) is 12.1. The van der Waals surface area contributed by atoms with Gasteiger partial charge in [-0.25, -0.2) is 9.89 Å². The fourth-order valence-electron chi connectivity index (χ4n) is 1.42. The molecule has 0 saturated carbocycles. The minimum atomic E-state index is -0.812. The van der Waals surface area contributed by atoms with Crippen molar-refractivity contribution < 1.29 is 9.90 Å². The summed E-state index contributed by atoms with van der Waals surface area (Å²) in [5.41, 5.74) is -1.22. The first-order chi connectivity index (χ1) is 8.49. The van der Waals surface area contributed by atoms with Crippen molar-refractivity contribution >= 4 is 11.8 Å². The van der Waals surface area contributed by atoms with E-state index >= 15 is 0 Å². The Morgan fingerprint density at radius 3 is 2.78 bits per heavy atom. The molecule has 4 N–H and O–H groups in total. The van der Waals surface area contributed by atoms with Gasteiger partial charge in [-0.2, -0.15) is 0 Å². The highest BCUT2D eigenvalue weighted by atomic mass is 16.4. The second kappa shape index (κ2) is 6.58. The van der Waals surface area contributed by atoms with Gasteiger partial charge >= 0.3 is 11.7 Å². The number of hydrogen-bond donors (Lipinski definition) is 4. The summed E-state index contributed by atoms with van der Waals surface area (Å²) in [6, 6.07) is 0. The van der Waals surface area contributed by atoms with Gasteiger partial charge in [-0.05, 0) is 18.8 Å². The number of rotatable bonds is 7. The third kappa shape index (κ3) is 4.81. The molecule has 1 heterocycles. The van der Waals surface area contributed by atoms with Gasteiger partial charge < -0.3 is 10.4 Å². The number of anilines is 1. The molecule has 0 bridgehead atoms. The van der Waals surface area contributed by atoms with Crippen LogP contribution in [0.3, 0.4) is 0 Å². The summed E-state index contributed by atoms with van der Waals surface area (Å²) in [5, 5.41) is 17.0. The number of carbonyl (C=O) groups is 1. The molecule has 1 unspecified atom stereocenters. The highest BCUT2D eigenvalue weighted by Crippen LogP contribution is 2.09. The predicted octanol–water partition coefficient (Wildman–Crippen LogP) is -0.239. The van der Waals surface area contributed by atoms with Crippen molar-refractivity contribution in [3.63, 3.8) is 0 Å². The van der Waals surface area contributed by atoms with Gasteiger partial charge in [0.05, 0.1) is 0 Å². The topological polar surface area (TPSA) is 128 Å². The molecule has 1 aromatic rings. The average Bonchev–Trinajstić information content (AvgIpc) is 2.29. The first kappa shape index (κ1) is 13.9. The van der Waals surface area contributed by atoms with Crippen LogP contribution in [0.4, 0.5) is 5.82 Å². The van der Waals surface area contributed by atoms with Crippen LogP contribution in [0.25, 0.3) is 0 Å². The quantitative estimate of drug-likeness (QED) is 0.533. The standard InChI is InChI=1S/C10H16N4O4/c1-6(2-3-7(15)16)4-5-11-8-9(17)12-10(18)14-13-8/h6H,2-5H2,1H3,(H,11,13)(H,15,16)(H2,12,14,17,18). The third-order valence-electron chi connectivity index (χ3n) is 2.49. The fraction of sp³-hybridized carbons (Fsp3) is 0.600. The Hall–Kier alpha value is -2.12. The average molecular weight is 256 g/mol. The Labute approximate surface area is 102 Å². The van der Waals surface area contributed by atoms with Crippen molar-refractivity contribution in [1.82, 2.24) is 15.2 Å². The van der Waals surface area contributed by atoms with E-state index in [1.165, 1.54) is 0 Å². The second-order valence-electron chi connectivity index (χ2n) is 4.11. The molecule has 0 amide bonds. The Kier molecular flexibility index (Phi) is 5.09. The Balaban J connectivity index is 2.35. The van der Waals surface area contributed by atoms with Crippen molar-refractivity contribution in [3.05, 3.63) is 20.8 Å². The highest BCUT2D eigenvalue weighted by Gasteiger charge is 2.06. The molecule has 100 valence electrons. The Morgan fingerprint density at radius 1 is 1.44 bits per heavy atom. The molecule has 8 heteroatoms. The minimum Gasteiger partial charge on any atom is -0.481 e. The third-order valence-corrected chi connectivity index (χ3v) is 2.49. The summed E-state index contributed by atoms with van der Waals surface area (Å²) in [6.45, 7) is 2.43. The first-order valence-electron chi connectivity index (χ1n) is 5.63. The number of aliphatic carboxylic acids is 1. The first-order valence-corrected chi connectivity index (χ1v) is 5.63. The molecule has 0 aliphatic rings. The van der Waals surface area contributed by atoms with Gasteiger partial charge in [0.2, 0.25) is 5.82 Å². The number of carboxylic acid groups (broad SMARTS) is 1. The van der Waals surface area contributed by atoms with E-state index in [2.05, 4.69) is 15.5 Å². The maximum Gasteiger partial charge on any atom is 0.342 e. The molecule has 0 aromatic carbocycles. The van der Waals surface area contributed by atoms with E-state index in [9.17, 15) is 14.4 Å². The summed E-state index contributed by atoms with van der Waals surface area (Å²) in [6.07, 6.45) is 1.44. The van der Waals surface area contributed by atoms with Crippen LogP contribution in [0, 0.1) is 5.92 Å². The van der Waals surface area contributed by atoms with E-state index in [0.29, 0.717) is 19.4 Å². The van der Waals surface area contributed by atoms with Crippen molar-refractivity contribution in [1.29, 1.82) is 0 Å². The van der Waals surface area contributed by atoms with E-state index in [0.717, 1.165) is 0 Å². The largest absolute Gasteiger partial charge is 0.481 e.